The lowest BCUT2D eigenvalue weighted by Crippen LogP contribution is -2.31. The van der Waals surface area contributed by atoms with Crippen LogP contribution in [0, 0.1) is 5.92 Å². The fourth-order valence-corrected chi connectivity index (χ4v) is 2.33. The van der Waals surface area contributed by atoms with Crippen molar-refractivity contribution in [2.24, 2.45) is 5.92 Å². The molecule has 0 aromatic heterocycles. The maximum Gasteiger partial charge on any atom is 0.416 e. The summed E-state index contributed by atoms with van der Waals surface area (Å²) in [5.41, 5.74) is -0.522. The minimum Gasteiger partial charge on any atom is -0.481 e. The molecule has 8 heteroatoms. The van der Waals surface area contributed by atoms with Crippen molar-refractivity contribution in [2.45, 2.75) is 19.0 Å². The lowest BCUT2D eigenvalue weighted by atomic mass is 10.1. The minimum absolute atomic E-state index is 0. The molecule has 1 N–H and O–H groups in total. The second kappa shape index (κ2) is 7.00. The van der Waals surface area contributed by atoms with E-state index in [1.807, 2.05) is 0 Å². The van der Waals surface area contributed by atoms with Gasteiger partial charge >= 0.3 is 12.1 Å². The molecule has 4 nitrogen and oxygen atoms in total. The zero-order valence-electron chi connectivity index (χ0n) is 11.5. The van der Waals surface area contributed by atoms with E-state index >= 15 is 0 Å². The lowest BCUT2D eigenvalue weighted by Gasteiger charge is -2.16. The van der Waals surface area contributed by atoms with Crippen LogP contribution in [0.5, 0.6) is 0 Å². The van der Waals surface area contributed by atoms with Crippen LogP contribution < -0.4 is 0 Å². The summed E-state index contributed by atoms with van der Waals surface area (Å²) in [7, 11) is 0. The van der Waals surface area contributed by atoms with E-state index in [1.165, 1.54) is 17.0 Å². The number of carboxylic acids is 1. The quantitative estimate of drug-likeness (QED) is 0.922. The van der Waals surface area contributed by atoms with Crippen molar-refractivity contribution < 1.29 is 27.9 Å². The van der Waals surface area contributed by atoms with E-state index in [0.717, 1.165) is 12.1 Å². The first-order valence-electron chi connectivity index (χ1n) is 6.44. The van der Waals surface area contributed by atoms with Gasteiger partial charge in [0.1, 0.15) is 0 Å². The lowest BCUT2D eigenvalue weighted by molar-refractivity contribution is -0.141. The molecule has 1 unspecified atom stereocenters. The molecule has 0 bridgehead atoms. The normalized spacial score (nSPS) is 18.0. The Hall–Kier alpha value is -1.76. The number of carboxylic acid groups (broad SMARTS) is 1. The van der Waals surface area contributed by atoms with Crippen molar-refractivity contribution in [3.63, 3.8) is 0 Å². The Morgan fingerprint density at radius 2 is 2.00 bits per heavy atom. The van der Waals surface area contributed by atoms with Crippen LogP contribution in [0.25, 0.3) is 0 Å². The van der Waals surface area contributed by atoms with Gasteiger partial charge in [-0.3, -0.25) is 9.59 Å². The molecule has 1 aliphatic rings. The van der Waals surface area contributed by atoms with Crippen LogP contribution >= 0.6 is 12.4 Å². The third-order valence-electron chi connectivity index (χ3n) is 3.50. The highest BCUT2D eigenvalue weighted by molar-refractivity contribution is 5.85. The number of benzene rings is 1. The molecule has 1 aliphatic heterocycles. The number of hydrogen-bond acceptors (Lipinski definition) is 2. The van der Waals surface area contributed by atoms with Gasteiger partial charge in [-0.15, -0.1) is 12.4 Å². The second-order valence-corrected chi connectivity index (χ2v) is 5.04. The van der Waals surface area contributed by atoms with Gasteiger partial charge in [0.2, 0.25) is 5.91 Å². The van der Waals surface area contributed by atoms with Gasteiger partial charge in [0.05, 0.1) is 17.9 Å². The number of hydrogen-bond donors (Lipinski definition) is 1. The number of likely N-dealkylation sites (tertiary alicyclic amines) is 1. The standard InChI is InChI=1S/C14H14F3NO3.ClH/c15-14(16,17)11-3-1-2-9(6-11)7-12(19)18-5-4-10(8-18)13(20)21;/h1-3,6,10H,4-5,7-8H2,(H,20,21);1H. The van der Waals surface area contributed by atoms with E-state index in [9.17, 15) is 22.8 Å². The van der Waals surface area contributed by atoms with E-state index in [1.54, 1.807) is 0 Å². The first-order valence-corrected chi connectivity index (χ1v) is 6.44. The van der Waals surface area contributed by atoms with Gasteiger partial charge in [0, 0.05) is 13.1 Å². The third-order valence-corrected chi connectivity index (χ3v) is 3.50. The molecule has 2 rings (SSSR count). The molecule has 0 saturated carbocycles. The highest BCUT2D eigenvalue weighted by Crippen LogP contribution is 2.29. The van der Waals surface area contributed by atoms with E-state index in [2.05, 4.69) is 0 Å². The van der Waals surface area contributed by atoms with Crippen molar-refractivity contribution in [1.82, 2.24) is 4.90 Å². The number of carbonyl (C=O) groups excluding carboxylic acids is 1. The van der Waals surface area contributed by atoms with E-state index in [0.29, 0.717) is 13.0 Å². The smallest absolute Gasteiger partial charge is 0.416 e. The summed E-state index contributed by atoms with van der Waals surface area (Å²) in [5, 5.41) is 8.87. The van der Waals surface area contributed by atoms with Crippen LogP contribution in [0.15, 0.2) is 24.3 Å². The SMILES string of the molecule is Cl.O=C(O)C1CCN(C(=O)Cc2cccc(C(F)(F)F)c2)C1. The molecule has 0 spiro atoms. The summed E-state index contributed by atoms with van der Waals surface area (Å²) in [4.78, 5) is 24.2. The van der Waals surface area contributed by atoms with Gasteiger partial charge in [-0.2, -0.15) is 13.2 Å². The summed E-state index contributed by atoms with van der Waals surface area (Å²) < 4.78 is 37.8. The minimum atomic E-state index is -4.44. The summed E-state index contributed by atoms with van der Waals surface area (Å²) in [6.45, 7) is 0.446. The molecule has 1 amide bonds. The fourth-order valence-electron chi connectivity index (χ4n) is 2.33. The van der Waals surface area contributed by atoms with Gasteiger partial charge in [-0.1, -0.05) is 18.2 Å². The van der Waals surface area contributed by atoms with Crippen LogP contribution in [0.4, 0.5) is 13.2 Å². The number of halogens is 4. The Morgan fingerprint density at radius 3 is 2.55 bits per heavy atom. The molecular weight excluding hydrogens is 323 g/mol. The number of nitrogens with zero attached hydrogens (tertiary/aromatic N) is 1. The summed E-state index contributed by atoms with van der Waals surface area (Å²) in [5.74, 6) is -1.89. The summed E-state index contributed by atoms with van der Waals surface area (Å²) in [6, 6.07) is 4.61. The average molecular weight is 338 g/mol. The Balaban J connectivity index is 0.00000242. The molecule has 0 radical (unpaired) electrons. The van der Waals surface area contributed by atoms with Gasteiger partial charge in [0.25, 0.3) is 0 Å². The molecule has 1 heterocycles. The van der Waals surface area contributed by atoms with Crippen LogP contribution in [0.3, 0.4) is 0 Å². The van der Waals surface area contributed by atoms with Gasteiger partial charge in [-0.05, 0) is 18.1 Å². The fraction of sp³-hybridized carbons (Fsp3) is 0.429. The van der Waals surface area contributed by atoms with Crippen molar-refractivity contribution in [1.29, 1.82) is 0 Å². The molecule has 1 saturated heterocycles. The number of amides is 1. The van der Waals surface area contributed by atoms with E-state index < -0.39 is 23.6 Å². The Bertz CT molecular complexity index is 563. The van der Waals surface area contributed by atoms with E-state index in [4.69, 9.17) is 5.11 Å². The van der Waals surface area contributed by atoms with Crippen LogP contribution in [-0.4, -0.2) is 35.0 Å². The molecule has 1 aromatic carbocycles. The zero-order valence-corrected chi connectivity index (χ0v) is 12.3. The highest BCUT2D eigenvalue weighted by Gasteiger charge is 2.32. The van der Waals surface area contributed by atoms with Crippen LogP contribution in [-0.2, 0) is 22.2 Å². The van der Waals surface area contributed by atoms with Crippen LogP contribution in [0.1, 0.15) is 17.5 Å². The summed E-state index contributed by atoms with van der Waals surface area (Å²) in [6.07, 6.45) is -4.22. The molecular formula is C14H15ClF3NO3. The van der Waals surface area contributed by atoms with Crippen molar-refractivity contribution in [2.75, 3.05) is 13.1 Å². The van der Waals surface area contributed by atoms with Crippen LogP contribution in [0.2, 0.25) is 0 Å². The molecule has 1 aromatic rings. The van der Waals surface area contributed by atoms with Crippen molar-refractivity contribution in [3.8, 4) is 0 Å². The Labute approximate surface area is 131 Å². The maximum absolute atomic E-state index is 12.6. The monoisotopic (exact) mass is 337 g/mol. The average Bonchev–Trinajstić information content (AvgIpc) is 2.88. The predicted molar refractivity (Wildman–Crippen MR) is 74.7 cm³/mol. The molecule has 1 atom stereocenters. The first-order chi connectivity index (χ1) is 9.77. The number of aliphatic carboxylic acids is 1. The van der Waals surface area contributed by atoms with Crippen molar-refractivity contribution >= 4 is 24.3 Å². The van der Waals surface area contributed by atoms with Gasteiger partial charge < -0.3 is 10.0 Å². The molecule has 122 valence electrons. The Morgan fingerprint density at radius 1 is 1.32 bits per heavy atom. The predicted octanol–water partition coefficient (Wildman–Crippen LogP) is 2.60. The van der Waals surface area contributed by atoms with Gasteiger partial charge in [0.15, 0.2) is 0 Å². The topological polar surface area (TPSA) is 57.6 Å². The Kier molecular flexibility index (Phi) is 5.82. The number of carbonyl (C=O) groups is 2. The third kappa shape index (κ3) is 4.37. The highest BCUT2D eigenvalue weighted by atomic mass is 35.5. The number of alkyl halides is 3. The second-order valence-electron chi connectivity index (χ2n) is 5.04. The molecule has 1 fully saturated rings. The largest absolute Gasteiger partial charge is 0.481 e. The van der Waals surface area contributed by atoms with Crippen molar-refractivity contribution in [3.05, 3.63) is 35.4 Å². The maximum atomic E-state index is 12.6. The van der Waals surface area contributed by atoms with Gasteiger partial charge in [-0.25, -0.2) is 0 Å². The van der Waals surface area contributed by atoms with E-state index in [-0.39, 0.29) is 36.8 Å². The molecule has 0 aliphatic carbocycles. The molecule has 22 heavy (non-hydrogen) atoms. The number of rotatable bonds is 3. The first kappa shape index (κ1) is 18.3. The zero-order chi connectivity index (χ0) is 15.6. The summed E-state index contributed by atoms with van der Waals surface area (Å²) >= 11 is 0.